The van der Waals surface area contributed by atoms with Crippen molar-refractivity contribution in [1.29, 1.82) is 0 Å². The van der Waals surface area contributed by atoms with Gasteiger partial charge in [0.05, 0.1) is 5.41 Å². The first-order chi connectivity index (χ1) is 17.5. The number of H-pyrrole nitrogens is 1. The van der Waals surface area contributed by atoms with Crippen LogP contribution in [0.1, 0.15) is 79.1 Å². The second-order valence-corrected chi connectivity index (χ2v) is 12.1. The maximum Gasteiger partial charge on any atom is 0.398 e. The van der Waals surface area contributed by atoms with Gasteiger partial charge in [0.1, 0.15) is 5.82 Å². The van der Waals surface area contributed by atoms with Crippen LogP contribution in [-0.4, -0.2) is 69.3 Å². The monoisotopic (exact) mass is 521 g/mol. The van der Waals surface area contributed by atoms with Gasteiger partial charge in [-0.15, -0.1) is 0 Å². The zero-order valence-electron chi connectivity index (χ0n) is 20.2. The van der Waals surface area contributed by atoms with Gasteiger partial charge in [-0.2, -0.15) is 18.3 Å². The molecule has 0 atom stereocenters. The number of nitrogens with zero attached hydrogens (tertiary/aromatic N) is 4. The zero-order chi connectivity index (χ0) is 25.8. The molecule has 3 aliphatic carbocycles. The van der Waals surface area contributed by atoms with Crippen LogP contribution in [0.25, 0.3) is 0 Å². The van der Waals surface area contributed by atoms with Crippen molar-refractivity contribution in [2.24, 2.45) is 5.41 Å². The van der Waals surface area contributed by atoms with Gasteiger partial charge < -0.3 is 9.80 Å². The molecule has 2 aliphatic heterocycles. The van der Waals surface area contributed by atoms with Gasteiger partial charge in [-0.1, -0.05) is 24.3 Å². The lowest BCUT2D eigenvalue weighted by atomic mass is 9.57. The molecule has 37 heavy (non-hydrogen) atoms. The minimum absolute atomic E-state index is 0.0174. The standard InChI is InChI=1S/C26H28F5N5O/c27-25(28)9-17(10-25)21-32-20(33-34-21)16-7-23(8-16)13-36(14-23)22(37)35-11-18(12-35)15-1-3-19(4-2-15)24(5-6-24)26(29,30)31/h1-4,16-18H,5-14H2,(H,32,33,34). The molecule has 1 aromatic carbocycles. The first kappa shape index (κ1) is 23.4. The number of urea groups is 1. The largest absolute Gasteiger partial charge is 0.398 e. The van der Waals surface area contributed by atoms with Crippen LogP contribution in [0.3, 0.4) is 0 Å². The summed E-state index contributed by atoms with van der Waals surface area (Å²) in [7, 11) is 0. The Morgan fingerprint density at radius 3 is 2.14 bits per heavy atom. The van der Waals surface area contributed by atoms with Crippen molar-refractivity contribution in [1.82, 2.24) is 25.0 Å². The van der Waals surface area contributed by atoms with E-state index in [4.69, 9.17) is 0 Å². The summed E-state index contributed by atoms with van der Waals surface area (Å²) in [5.41, 5.74) is -0.240. The molecule has 3 heterocycles. The van der Waals surface area contributed by atoms with E-state index in [-0.39, 0.29) is 54.9 Å². The Hall–Kier alpha value is -2.72. The Morgan fingerprint density at radius 2 is 1.57 bits per heavy atom. The van der Waals surface area contributed by atoms with E-state index in [1.54, 1.807) is 29.2 Å². The lowest BCUT2D eigenvalue weighted by molar-refractivity contribution is -0.160. The van der Waals surface area contributed by atoms with E-state index in [0.717, 1.165) is 24.2 Å². The number of benzene rings is 1. The molecule has 0 radical (unpaired) electrons. The number of alkyl halides is 5. The fourth-order valence-electron chi connectivity index (χ4n) is 6.81. The minimum Gasteiger partial charge on any atom is -0.323 e. The molecule has 5 aliphatic rings. The number of likely N-dealkylation sites (tertiary alicyclic amines) is 2. The number of hydrogen-bond donors (Lipinski definition) is 1. The molecule has 5 fully saturated rings. The predicted octanol–water partition coefficient (Wildman–Crippen LogP) is 5.31. The third-order valence-electron chi connectivity index (χ3n) is 9.42. The highest BCUT2D eigenvalue weighted by Crippen LogP contribution is 2.59. The summed E-state index contributed by atoms with van der Waals surface area (Å²) >= 11 is 0. The fraction of sp³-hybridized carbons (Fsp3) is 0.654. The number of amides is 2. The van der Waals surface area contributed by atoms with Crippen molar-refractivity contribution in [3.05, 3.63) is 47.0 Å². The lowest BCUT2D eigenvalue weighted by Crippen LogP contribution is -2.67. The molecule has 3 saturated carbocycles. The number of rotatable bonds is 4. The van der Waals surface area contributed by atoms with Crippen molar-refractivity contribution in [2.45, 2.75) is 73.8 Å². The van der Waals surface area contributed by atoms with Gasteiger partial charge in [-0.05, 0) is 36.8 Å². The van der Waals surface area contributed by atoms with E-state index >= 15 is 0 Å². The second kappa shape index (κ2) is 7.44. The smallest absolute Gasteiger partial charge is 0.323 e. The maximum atomic E-state index is 13.4. The number of hydrogen-bond acceptors (Lipinski definition) is 3. The van der Waals surface area contributed by atoms with Gasteiger partial charge in [0.15, 0.2) is 5.82 Å². The summed E-state index contributed by atoms with van der Waals surface area (Å²) < 4.78 is 66.3. The molecular formula is C26H28F5N5O. The predicted molar refractivity (Wildman–Crippen MR) is 122 cm³/mol. The Bertz CT molecular complexity index is 1210. The molecule has 7 rings (SSSR count). The normalized spacial score (nSPS) is 26.3. The van der Waals surface area contributed by atoms with E-state index in [0.29, 0.717) is 37.6 Å². The quantitative estimate of drug-likeness (QED) is 0.555. The van der Waals surface area contributed by atoms with Crippen molar-refractivity contribution in [2.75, 3.05) is 26.2 Å². The van der Waals surface area contributed by atoms with Gasteiger partial charge in [-0.3, -0.25) is 5.10 Å². The number of nitrogens with one attached hydrogen (secondary N) is 1. The van der Waals surface area contributed by atoms with Crippen LogP contribution in [-0.2, 0) is 5.41 Å². The van der Waals surface area contributed by atoms with Crippen LogP contribution in [0.2, 0.25) is 0 Å². The first-order valence-electron chi connectivity index (χ1n) is 13.0. The summed E-state index contributed by atoms with van der Waals surface area (Å²) in [4.78, 5) is 21.0. The molecule has 2 aromatic rings. The third kappa shape index (κ3) is 3.66. The number of carbonyl (C=O) groups is 1. The maximum absolute atomic E-state index is 13.4. The lowest BCUT2D eigenvalue weighted by Gasteiger charge is -2.59. The number of halogens is 5. The summed E-state index contributed by atoms with van der Waals surface area (Å²) in [5.74, 6) is -1.23. The molecule has 0 bridgehead atoms. The molecular weight excluding hydrogens is 493 g/mol. The Kier molecular flexibility index (Phi) is 4.70. The molecule has 1 N–H and O–H groups in total. The van der Waals surface area contributed by atoms with Crippen molar-refractivity contribution in [3.8, 4) is 0 Å². The van der Waals surface area contributed by atoms with E-state index in [1.165, 1.54) is 0 Å². The molecule has 1 spiro atoms. The molecule has 11 heteroatoms. The molecule has 2 amide bonds. The third-order valence-corrected chi connectivity index (χ3v) is 9.42. The minimum atomic E-state index is -4.21. The summed E-state index contributed by atoms with van der Waals surface area (Å²) in [6.07, 6.45) is -2.46. The summed E-state index contributed by atoms with van der Waals surface area (Å²) in [6, 6.07) is 6.79. The number of carbonyl (C=O) groups excluding carboxylic acids is 1. The molecule has 2 saturated heterocycles. The highest BCUT2D eigenvalue weighted by atomic mass is 19.4. The summed E-state index contributed by atoms with van der Waals surface area (Å²) in [6.45, 7) is 2.56. The van der Waals surface area contributed by atoms with Gasteiger partial charge in [-0.25, -0.2) is 18.6 Å². The zero-order valence-corrected chi connectivity index (χ0v) is 20.2. The van der Waals surface area contributed by atoms with Crippen LogP contribution in [0.4, 0.5) is 26.7 Å². The molecule has 0 unspecified atom stereocenters. The van der Waals surface area contributed by atoms with Crippen molar-refractivity contribution < 1.29 is 26.7 Å². The number of aromatic nitrogens is 3. The molecule has 1 aromatic heterocycles. The van der Waals surface area contributed by atoms with Crippen molar-refractivity contribution >= 4 is 6.03 Å². The Morgan fingerprint density at radius 1 is 0.919 bits per heavy atom. The van der Waals surface area contributed by atoms with Gasteiger partial charge in [0.2, 0.25) is 5.92 Å². The SMILES string of the molecule is O=C(N1CC(c2ccc(C3(C(F)(F)F)CC3)cc2)C1)N1CC2(CC(c3nc(C4CC(F)(F)C4)n[nH]3)C2)C1. The Labute approximate surface area is 210 Å². The Balaban J connectivity index is 0.874. The average Bonchev–Trinajstić information content (AvgIpc) is 3.42. The van der Waals surface area contributed by atoms with Crippen LogP contribution in [0.15, 0.2) is 24.3 Å². The van der Waals surface area contributed by atoms with E-state index in [1.807, 2.05) is 4.90 Å². The van der Waals surface area contributed by atoms with Crippen LogP contribution >= 0.6 is 0 Å². The van der Waals surface area contributed by atoms with Gasteiger partial charge >= 0.3 is 12.2 Å². The molecule has 6 nitrogen and oxygen atoms in total. The number of aromatic amines is 1. The van der Waals surface area contributed by atoms with E-state index < -0.39 is 17.5 Å². The fourth-order valence-corrected chi connectivity index (χ4v) is 6.81. The van der Waals surface area contributed by atoms with E-state index in [2.05, 4.69) is 15.2 Å². The topological polar surface area (TPSA) is 65.1 Å². The highest BCUT2D eigenvalue weighted by molar-refractivity contribution is 5.77. The van der Waals surface area contributed by atoms with E-state index in [9.17, 15) is 26.7 Å². The van der Waals surface area contributed by atoms with Gasteiger partial charge in [0, 0.05) is 62.2 Å². The first-order valence-corrected chi connectivity index (χ1v) is 13.0. The highest BCUT2D eigenvalue weighted by Gasteiger charge is 2.64. The van der Waals surface area contributed by atoms with Gasteiger partial charge in [0.25, 0.3) is 0 Å². The summed E-state index contributed by atoms with van der Waals surface area (Å²) in [5, 5.41) is 7.09. The second-order valence-electron chi connectivity index (χ2n) is 12.1. The average molecular weight is 522 g/mol. The molecule has 198 valence electrons. The van der Waals surface area contributed by atoms with Crippen LogP contribution in [0, 0.1) is 5.41 Å². The van der Waals surface area contributed by atoms with Crippen LogP contribution in [0.5, 0.6) is 0 Å². The van der Waals surface area contributed by atoms with Crippen LogP contribution < -0.4 is 0 Å². The van der Waals surface area contributed by atoms with Crippen molar-refractivity contribution in [3.63, 3.8) is 0 Å².